The highest BCUT2D eigenvalue weighted by Crippen LogP contribution is 2.47. The summed E-state index contributed by atoms with van der Waals surface area (Å²) < 4.78 is 0. The highest BCUT2D eigenvalue weighted by atomic mass is 32.1. The Morgan fingerprint density at radius 1 is 1.12 bits per heavy atom. The molecule has 2 aliphatic rings. The number of thiazole rings is 1. The number of hydrogen-bond donors (Lipinski definition) is 1. The number of hydrazone groups is 1. The van der Waals surface area contributed by atoms with E-state index in [2.05, 4.69) is 64.9 Å². The van der Waals surface area contributed by atoms with Crippen molar-refractivity contribution in [2.45, 2.75) is 32.2 Å². The zero-order valence-corrected chi connectivity index (χ0v) is 19.1. The van der Waals surface area contributed by atoms with E-state index in [-0.39, 0.29) is 11.9 Å². The minimum Gasteiger partial charge on any atom is -0.354 e. The first-order valence-electron chi connectivity index (χ1n) is 11.0. The van der Waals surface area contributed by atoms with E-state index >= 15 is 0 Å². The van der Waals surface area contributed by atoms with Crippen LogP contribution in [0.3, 0.4) is 0 Å². The molecular formula is C26H26N4OS. The van der Waals surface area contributed by atoms with Gasteiger partial charge < -0.3 is 5.32 Å². The van der Waals surface area contributed by atoms with Crippen molar-refractivity contribution in [2.75, 3.05) is 12.1 Å². The highest BCUT2D eigenvalue weighted by Gasteiger charge is 2.43. The standard InChI is InChI=1S/C26H26N4OS/c1-17-24(25(31)27-2)32-26(28-17)30-23(19-12-7-4-8-13-19)21-15-9-14-20(22(21)29-30)16-18-10-5-3-6-11-18/h3-8,10-13,16,21,23H,9,14-15H2,1-2H3,(H,27,31)/b20-16+/t21-,23+/m1/s1. The number of amides is 1. The van der Waals surface area contributed by atoms with Crippen LogP contribution in [0.25, 0.3) is 6.08 Å². The Morgan fingerprint density at radius 3 is 2.56 bits per heavy atom. The second-order valence-corrected chi connectivity index (χ2v) is 9.23. The smallest absolute Gasteiger partial charge is 0.263 e. The molecule has 2 aromatic carbocycles. The Kier molecular flexibility index (Phi) is 5.62. The topological polar surface area (TPSA) is 57.6 Å². The van der Waals surface area contributed by atoms with Crippen molar-refractivity contribution in [1.82, 2.24) is 10.3 Å². The molecule has 1 aromatic heterocycles. The lowest BCUT2D eigenvalue weighted by atomic mass is 9.77. The summed E-state index contributed by atoms with van der Waals surface area (Å²) in [6.45, 7) is 1.89. The molecule has 1 amide bonds. The van der Waals surface area contributed by atoms with E-state index in [1.807, 2.05) is 19.1 Å². The van der Waals surface area contributed by atoms with Gasteiger partial charge in [-0.25, -0.2) is 9.99 Å². The fourth-order valence-corrected chi connectivity index (χ4v) is 5.70. The molecule has 0 spiro atoms. The summed E-state index contributed by atoms with van der Waals surface area (Å²) in [5.41, 5.74) is 5.63. The third-order valence-corrected chi connectivity index (χ3v) is 7.34. The number of fused-ring (bicyclic) bond motifs is 1. The van der Waals surface area contributed by atoms with Crippen LogP contribution in [0.2, 0.25) is 0 Å². The van der Waals surface area contributed by atoms with Crippen molar-refractivity contribution < 1.29 is 4.79 Å². The van der Waals surface area contributed by atoms with Gasteiger partial charge in [0.1, 0.15) is 4.88 Å². The van der Waals surface area contributed by atoms with E-state index in [1.165, 1.54) is 28.0 Å². The van der Waals surface area contributed by atoms with E-state index in [0.717, 1.165) is 35.8 Å². The lowest BCUT2D eigenvalue weighted by Gasteiger charge is -2.29. The van der Waals surface area contributed by atoms with Crippen LogP contribution in [0.5, 0.6) is 0 Å². The van der Waals surface area contributed by atoms with E-state index < -0.39 is 0 Å². The molecule has 0 radical (unpaired) electrons. The SMILES string of the molecule is CNC(=O)c1sc(N2N=C3/C(=C/c4ccccc4)CCC[C@H]3[C@@H]2c2ccccc2)nc1C. The summed E-state index contributed by atoms with van der Waals surface area (Å²) in [6, 6.07) is 21.1. The van der Waals surface area contributed by atoms with Crippen molar-refractivity contribution in [3.63, 3.8) is 0 Å². The molecule has 0 bridgehead atoms. The molecule has 1 fully saturated rings. The van der Waals surface area contributed by atoms with Crippen molar-refractivity contribution in [3.05, 3.63) is 87.9 Å². The molecule has 1 aliphatic carbocycles. The lowest BCUT2D eigenvalue weighted by Crippen LogP contribution is -2.28. The number of allylic oxidation sites excluding steroid dienone is 1. The molecule has 0 saturated heterocycles. The van der Waals surface area contributed by atoms with Gasteiger partial charge in [-0.05, 0) is 49.0 Å². The molecule has 5 rings (SSSR count). The normalized spacial score (nSPS) is 21.4. The van der Waals surface area contributed by atoms with Crippen molar-refractivity contribution >= 4 is 34.2 Å². The number of benzene rings is 2. The molecule has 6 heteroatoms. The Morgan fingerprint density at radius 2 is 1.84 bits per heavy atom. The summed E-state index contributed by atoms with van der Waals surface area (Å²) in [5, 5.41) is 10.7. The van der Waals surface area contributed by atoms with Gasteiger partial charge in [0, 0.05) is 13.0 Å². The van der Waals surface area contributed by atoms with Crippen LogP contribution >= 0.6 is 11.3 Å². The van der Waals surface area contributed by atoms with E-state index in [1.54, 1.807) is 7.05 Å². The molecule has 2 atom stereocenters. The van der Waals surface area contributed by atoms with Crippen LogP contribution in [-0.2, 0) is 0 Å². The number of aryl methyl sites for hydroxylation is 1. The molecule has 5 nitrogen and oxygen atoms in total. The number of anilines is 1. The molecule has 0 unspecified atom stereocenters. The average Bonchev–Trinajstić information content (AvgIpc) is 3.41. The molecule has 162 valence electrons. The monoisotopic (exact) mass is 442 g/mol. The van der Waals surface area contributed by atoms with Crippen LogP contribution in [0, 0.1) is 12.8 Å². The van der Waals surface area contributed by atoms with Gasteiger partial charge >= 0.3 is 0 Å². The van der Waals surface area contributed by atoms with Gasteiger partial charge in [0.05, 0.1) is 17.4 Å². The third kappa shape index (κ3) is 3.75. The van der Waals surface area contributed by atoms with Crippen LogP contribution in [0.1, 0.15) is 51.8 Å². The first-order valence-corrected chi connectivity index (χ1v) is 11.9. The molecule has 1 saturated carbocycles. The Labute approximate surface area is 192 Å². The predicted molar refractivity (Wildman–Crippen MR) is 131 cm³/mol. The fraction of sp³-hybridized carbons (Fsp3) is 0.269. The van der Waals surface area contributed by atoms with E-state index in [9.17, 15) is 4.79 Å². The Balaban J connectivity index is 1.60. The Hall–Kier alpha value is -3.25. The first-order chi connectivity index (χ1) is 15.7. The third-order valence-electron chi connectivity index (χ3n) is 6.20. The second kappa shape index (κ2) is 8.71. The van der Waals surface area contributed by atoms with Gasteiger partial charge in [-0.15, -0.1) is 0 Å². The predicted octanol–water partition coefficient (Wildman–Crippen LogP) is 5.61. The highest BCUT2D eigenvalue weighted by molar-refractivity contribution is 7.17. The van der Waals surface area contributed by atoms with Crippen LogP contribution < -0.4 is 10.3 Å². The van der Waals surface area contributed by atoms with Gasteiger partial charge in [0.25, 0.3) is 5.91 Å². The molecule has 1 aliphatic heterocycles. The maximum absolute atomic E-state index is 12.3. The van der Waals surface area contributed by atoms with Crippen LogP contribution in [-0.4, -0.2) is 23.7 Å². The number of nitrogens with one attached hydrogen (secondary N) is 1. The van der Waals surface area contributed by atoms with Gasteiger partial charge in [0.15, 0.2) is 0 Å². The number of carbonyl (C=O) groups is 1. The van der Waals surface area contributed by atoms with Crippen molar-refractivity contribution in [3.8, 4) is 0 Å². The molecule has 2 heterocycles. The van der Waals surface area contributed by atoms with Gasteiger partial charge in [-0.1, -0.05) is 72.0 Å². The molecule has 32 heavy (non-hydrogen) atoms. The van der Waals surface area contributed by atoms with Crippen molar-refractivity contribution in [1.29, 1.82) is 0 Å². The summed E-state index contributed by atoms with van der Waals surface area (Å²) >= 11 is 1.41. The lowest BCUT2D eigenvalue weighted by molar-refractivity contribution is 0.0966. The largest absolute Gasteiger partial charge is 0.354 e. The van der Waals surface area contributed by atoms with Crippen LogP contribution in [0.15, 0.2) is 71.3 Å². The number of rotatable bonds is 4. The van der Waals surface area contributed by atoms with Crippen LogP contribution in [0.4, 0.5) is 5.13 Å². The molecular weight excluding hydrogens is 416 g/mol. The minimum atomic E-state index is -0.101. The maximum Gasteiger partial charge on any atom is 0.263 e. The summed E-state index contributed by atoms with van der Waals surface area (Å²) in [7, 11) is 1.65. The summed E-state index contributed by atoms with van der Waals surface area (Å²) in [6.07, 6.45) is 5.53. The van der Waals surface area contributed by atoms with Gasteiger partial charge in [-0.2, -0.15) is 5.10 Å². The molecule has 1 N–H and O–H groups in total. The van der Waals surface area contributed by atoms with Crippen molar-refractivity contribution in [2.24, 2.45) is 11.0 Å². The number of hydrogen-bond acceptors (Lipinski definition) is 5. The summed E-state index contributed by atoms with van der Waals surface area (Å²) in [4.78, 5) is 17.7. The quantitative estimate of drug-likeness (QED) is 0.571. The maximum atomic E-state index is 12.3. The van der Waals surface area contributed by atoms with Gasteiger partial charge in [0.2, 0.25) is 5.13 Å². The number of nitrogens with zero attached hydrogens (tertiary/aromatic N) is 3. The first kappa shape index (κ1) is 20.6. The summed E-state index contributed by atoms with van der Waals surface area (Å²) in [5.74, 6) is 0.199. The molecule has 3 aromatic rings. The minimum absolute atomic E-state index is 0.0776. The average molecular weight is 443 g/mol. The second-order valence-electron chi connectivity index (χ2n) is 8.25. The number of carbonyl (C=O) groups excluding carboxylic acids is 1. The number of aromatic nitrogens is 1. The van der Waals surface area contributed by atoms with E-state index in [4.69, 9.17) is 10.1 Å². The van der Waals surface area contributed by atoms with Gasteiger partial charge in [-0.3, -0.25) is 4.79 Å². The zero-order chi connectivity index (χ0) is 22.1. The zero-order valence-electron chi connectivity index (χ0n) is 18.3. The van der Waals surface area contributed by atoms with E-state index in [0.29, 0.717) is 10.8 Å². The fourth-order valence-electron chi connectivity index (χ4n) is 4.70. The Bertz CT molecular complexity index is 1180.